The van der Waals surface area contributed by atoms with Gasteiger partial charge in [-0.2, -0.15) is 0 Å². The number of fused-ring (bicyclic) bond motifs is 7. The van der Waals surface area contributed by atoms with Crippen LogP contribution in [-0.2, 0) is 11.2 Å². The Hall–Kier alpha value is -4.40. The molecular weight excluding hydrogens is 472 g/mol. The standard InChI is InChI=1S/C28H26N4O5/c1-15-10-20(26-16(2)31-37-27(26)29-15)28(35)32-13-21-18-4-3-5-19(12-18)36-24-11-17(6-8-23(24)33)7-9-25(34)30-22(21)14-32/h3-6,8,10-12,21-22,33H,7,9,13-14H2,1-2H3,(H,30,34)/t21-,22+/m0/s1. The Morgan fingerprint density at radius 3 is 2.84 bits per heavy atom. The van der Waals surface area contributed by atoms with Gasteiger partial charge in [0.25, 0.3) is 11.6 Å². The summed E-state index contributed by atoms with van der Waals surface area (Å²) in [6.45, 7) is 4.38. The van der Waals surface area contributed by atoms with Crippen LogP contribution in [0.5, 0.6) is 17.2 Å². The highest BCUT2D eigenvalue weighted by Crippen LogP contribution is 2.36. The zero-order chi connectivity index (χ0) is 25.7. The molecule has 1 saturated heterocycles. The van der Waals surface area contributed by atoms with Gasteiger partial charge in [-0.1, -0.05) is 23.4 Å². The van der Waals surface area contributed by atoms with Crippen LogP contribution in [0.25, 0.3) is 11.1 Å². The normalized spacial score (nSPS) is 19.3. The summed E-state index contributed by atoms with van der Waals surface area (Å²) in [5.74, 6) is 0.563. The van der Waals surface area contributed by atoms with E-state index in [9.17, 15) is 14.7 Å². The summed E-state index contributed by atoms with van der Waals surface area (Å²) < 4.78 is 11.3. The molecule has 0 aliphatic carbocycles. The second kappa shape index (κ2) is 8.92. The average Bonchev–Trinajstić information content (AvgIpc) is 3.47. The quantitative estimate of drug-likeness (QED) is 0.407. The number of aryl methyl sites for hydroxylation is 3. The van der Waals surface area contributed by atoms with Crippen molar-refractivity contribution in [2.75, 3.05) is 13.1 Å². The third-order valence-electron chi connectivity index (χ3n) is 7.11. The van der Waals surface area contributed by atoms with Gasteiger partial charge in [-0.25, -0.2) is 4.98 Å². The summed E-state index contributed by atoms with van der Waals surface area (Å²) >= 11 is 0. The molecule has 0 spiro atoms. The number of pyridine rings is 1. The summed E-state index contributed by atoms with van der Waals surface area (Å²) in [4.78, 5) is 32.9. The van der Waals surface area contributed by atoms with Gasteiger partial charge in [0.1, 0.15) is 5.75 Å². The molecule has 2 aliphatic rings. The topological polar surface area (TPSA) is 118 Å². The lowest BCUT2D eigenvalue weighted by Crippen LogP contribution is -2.40. The monoisotopic (exact) mass is 498 g/mol. The fourth-order valence-electron chi connectivity index (χ4n) is 5.28. The Labute approximate surface area is 213 Å². The van der Waals surface area contributed by atoms with Crippen molar-refractivity contribution < 1.29 is 24.0 Å². The van der Waals surface area contributed by atoms with E-state index >= 15 is 0 Å². The molecule has 2 N–H and O–H groups in total. The number of ether oxygens (including phenoxy) is 1. The van der Waals surface area contributed by atoms with E-state index in [1.807, 2.05) is 31.2 Å². The van der Waals surface area contributed by atoms with Gasteiger partial charge in [0.05, 0.1) is 22.7 Å². The molecule has 9 nitrogen and oxygen atoms in total. The number of benzene rings is 2. The molecule has 37 heavy (non-hydrogen) atoms. The predicted molar refractivity (Wildman–Crippen MR) is 135 cm³/mol. The number of phenolic OH excluding ortho intramolecular Hbond substituents is 1. The summed E-state index contributed by atoms with van der Waals surface area (Å²) in [5.41, 5.74) is 3.93. The third-order valence-corrected chi connectivity index (χ3v) is 7.11. The Bertz CT molecular complexity index is 1550. The van der Waals surface area contributed by atoms with Crippen molar-refractivity contribution in [2.45, 2.75) is 38.6 Å². The van der Waals surface area contributed by atoms with Crippen LogP contribution < -0.4 is 10.1 Å². The molecule has 0 unspecified atom stereocenters. The number of hydrogen-bond acceptors (Lipinski definition) is 7. The smallest absolute Gasteiger partial charge is 0.258 e. The second-order valence-corrected chi connectivity index (χ2v) is 9.73. The molecule has 1 fully saturated rings. The maximum Gasteiger partial charge on any atom is 0.258 e. The summed E-state index contributed by atoms with van der Waals surface area (Å²) in [6, 6.07) is 14.2. The van der Waals surface area contributed by atoms with Gasteiger partial charge >= 0.3 is 0 Å². The highest BCUT2D eigenvalue weighted by atomic mass is 16.5. The highest BCUT2D eigenvalue weighted by Gasteiger charge is 2.38. The van der Waals surface area contributed by atoms with Crippen LogP contribution in [0.4, 0.5) is 0 Å². The molecule has 4 heterocycles. The lowest BCUT2D eigenvalue weighted by molar-refractivity contribution is -0.121. The van der Waals surface area contributed by atoms with Crippen LogP contribution in [-0.4, -0.2) is 51.1 Å². The van der Waals surface area contributed by atoms with E-state index in [2.05, 4.69) is 15.5 Å². The number of likely N-dealkylation sites (tertiary alicyclic amines) is 1. The molecular formula is C28H26N4O5. The van der Waals surface area contributed by atoms with Crippen LogP contribution in [0.2, 0.25) is 0 Å². The van der Waals surface area contributed by atoms with Gasteiger partial charge < -0.3 is 24.6 Å². The SMILES string of the molecule is Cc1cc(C(=O)N2C[C@H]3NC(=O)CCc4ccc(O)c(c4)Oc4cccc(c4)[C@@H]3C2)c2c(C)noc2n1. The second-order valence-electron chi connectivity index (χ2n) is 9.73. The van der Waals surface area contributed by atoms with Gasteiger partial charge in [0, 0.05) is 31.1 Å². The molecule has 2 aliphatic heterocycles. The minimum absolute atomic E-state index is 0.0342. The lowest BCUT2D eigenvalue weighted by atomic mass is 9.94. The maximum atomic E-state index is 13.8. The molecule has 2 aromatic carbocycles. The fraction of sp³-hybridized carbons (Fsp3) is 0.286. The van der Waals surface area contributed by atoms with Gasteiger partial charge in [0.15, 0.2) is 11.5 Å². The van der Waals surface area contributed by atoms with Crippen LogP contribution >= 0.6 is 0 Å². The van der Waals surface area contributed by atoms with Gasteiger partial charge in [0.2, 0.25) is 5.91 Å². The van der Waals surface area contributed by atoms with E-state index in [4.69, 9.17) is 9.26 Å². The fourth-order valence-corrected chi connectivity index (χ4v) is 5.28. The number of carbonyl (C=O) groups excluding carboxylic acids is 2. The Morgan fingerprint density at radius 2 is 1.97 bits per heavy atom. The zero-order valence-corrected chi connectivity index (χ0v) is 20.5. The molecule has 9 heteroatoms. The Morgan fingerprint density at radius 1 is 1.11 bits per heavy atom. The first-order valence-electron chi connectivity index (χ1n) is 12.3. The van der Waals surface area contributed by atoms with E-state index in [-0.39, 0.29) is 35.9 Å². The van der Waals surface area contributed by atoms with Gasteiger partial charge in [-0.15, -0.1) is 0 Å². The van der Waals surface area contributed by atoms with E-state index in [1.54, 1.807) is 36.1 Å². The molecule has 188 valence electrons. The zero-order valence-electron chi connectivity index (χ0n) is 20.5. The number of rotatable bonds is 1. The molecule has 2 aromatic heterocycles. The first kappa shape index (κ1) is 23.0. The third kappa shape index (κ3) is 4.26. The van der Waals surface area contributed by atoms with Gasteiger partial charge in [-0.3, -0.25) is 9.59 Å². The minimum Gasteiger partial charge on any atom is -0.504 e. The van der Waals surface area contributed by atoms with Crippen molar-refractivity contribution in [3.8, 4) is 17.2 Å². The van der Waals surface area contributed by atoms with Crippen molar-refractivity contribution in [2.24, 2.45) is 0 Å². The van der Waals surface area contributed by atoms with Crippen molar-refractivity contribution in [3.05, 3.63) is 76.6 Å². The van der Waals surface area contributed by atoms with Crippen LogP contribution in [0, 0.1) is 13.8 Å². The predicted octanol–water partition coefficient (Wildman–Crippen LogP) is 4.01. The average molecular weight is 499 g/mol. The van der Waals surface area contributed by atoms with Crippen molar-refractivity contribution in [3.63, 3.8) is 0 Å². The highest BCUT2D eigenvalue weighted by molar-refractivity contribution is 6.06. The number of aromatic nitrogens is 2. The number of hydrogen-bond donors (Lipinski definition) is 2. The number of aromatic hydroxyl groups is 1. The maximum absolute atomic E-state index is 13.8. The molecule has 4 aromatic rings. The van der Waals surface area contributed by atoms with E-state index < -0.39 is 0 Å². The summed E-state index contributed by atoms with van der Waals surface area (Å²) in [5, 5.41) is 18.1. The van der Waals surface area contributed by atoms with Crippen LogP contribution in [0.15, 0.2) is 53.1 Å². The molecule has 2 atom stereocenters. The molecule has 0 saturated carbocycles. The van der Waals surface area contributed by atoms with E-state index in [1.165, 1.54) is 0 Å². The molecule has 6 rings (SSSR count). The Balaban J connectivity index is 1.36. The number of amides is 2. The van der Waals surface area contributed by atoms with Crippen molar-refractivity contribution in [1.29, 1.82) is 0 Å². The lowest BCUT2D eigenvalue weighted by Gasteiger charge is -2.20. The van der Waals surface area contributed by atoms with E-state index in [0.29, 0.717) is 59.1 Å². The summed E-state index contributed by atoms with van der Waals surface area (Å²) in [7, 11) is 0. The van der Waals surface area contributed by atoms with Crippen LogP contribution in [0.3, 0.4) is 0 Å². The van der Waals surface area contributed by atoms with Crippen LogP contribution in [0.1, 0.15) is 45.2 Å². The summed E-state index contributed by atoms with van der Waals surface area (Å²) in [6.07, 6.45) is 0.782. The first-order valence-corrected chi connectivity index (χ1v) is 12.3. The largest absolute Gasteiger partial charge is 0.504 e. The number of phenols is 1. The minimum atomic E-state index is -0.272. The Kier molecular flexibility index (Phi) is 5.55. The number of nitrogens with one attached hydrogen (secondary N) is 1. The van der Waals surface area contributed by atoms with Crippen molar-refractivity contribution >= 4 is 22.9 Å². The first-order chi connectivity index (χ1) is 17.9. The molecule has 0 radical (unpaired) electrons. The van der Waals surface area contributed by atoms with Crippen molar-refractivity contribution in [1.82, 2.24) is 20.4 Å². The van der Waals surface area contributed by atoms with Gasteiger partial charge in [-0.05, 0) is 61.7 Å². The number of carbonyl (C=O) groups is 2. The van der Waals surface area contributed by atoms with E-state index in [0.717, 1.165) is 11.1 Å². The number of nitrogens with zero attached hydrogens (tertiary/aromatic N) is 3. The molecule has 2 amide bonds. The molecule has 4 bridgehead atoms.